The maximum Gasteiger partial charge on any atom is 0.272 e. The average Bonchev–Trinajstić information content (AvgIpc) is 3.68. The summed E-state index contributed by atoms with van der Waals surface area (Å²) < 4.78 is 9.80. The van der Waals surface area contributed by atoms with Gasteiger partial charge in [0.25, 0.3) is 5.91 Å². The maximum atomic E-state index is 13.5. The third-order valence-electron chi connectivity index (χ3n) is 7.13. The maximum absolute atomic E-state index is 13.5. The van der Waals surface area contributed by atoms with Crippen LogP contribution in [0.2, 0.25) is 0 Å². The Morgan fingerprint density at radius 2 is 1.82 bits per heavy atom. The van der Waals surface area contributed by atoms with E-state index in [1.54, 1.807) is 23.0 Å². The van der Waals surface area contributed by atoms with Crippen molar-refractivity contribution < 1.29 is 14.1 Å². The average molecular weight is 587 g/mol. The van der Waals surface area contributed by atoms with Crippen molar-refractivity contribution in [1.29, 1.82) is 0 Å². The van der Waals surface area contributed by atoms with Crippen LogP contribution < -0.4 is 5.32 Å². The van der Waals surface area contributed by atoms with E-state index in [0.29, 0.717) is 30.5 Å². The van der Waals surface area contributed by atoms with Crippen LogP contribution in [0, 0.1) is 6.92 Å². The van der Waals surface area contributed by atoms with E-state index in [1.807, 2.05) is 58.8 Å². The van der Waals surface area contributed by atoms with Crippen molar-refractivity contribution in [2.75, 3.05) is 18.4 Å². The zero-order chi connectivity index (χ0) is 26.9. The zero-order valence-corrected chi connectivity index (χ0v) is 23.0. The first-order valence-corrected chi connectivity index (χ1v) is 13.7. The SMILES string of the molecule is Cc1cc(CC(=O)Nc2ccc(C3CCN(C(=O)c4ccnn4-c4ccc5ccc(Br)cn45)CC3)cc2)on1. The van der Waals surface area contributed by atoms with Gasteiger partial charge in [0.15, 0.2) is 0 Å². The molecular weight excluding hydrogens is 560 g/mol. The van der Waals surface area contributed by atoms with Gasteiger partial charge in [0.1, 0.15) is 17.3 Å². The van der Waals surface area contributed by atoms with Gasteiger partial charge in [-0.25, -0.2) is 4.68 Å². The monoisotopic (exact) mass is 586 g/mol. The van der Waals surface area contributed by atoms with E-state index < -0.39 is 0 Å². The second-order valence-corrected chi connectivity index (χ2v) is 10.7. The molecule has 5 heterocycles. The summed E-state index contributed by atoms with van der Waals surface area (Å²) in [4.78, 5) is 27.7. The Morgan fingerprint density at radius 3 is 2.56 bits per heavy atom. The first kappa shape index (κ1) is 25.1. The highest BCUT2D eigenvalue weighted by molar-refractivity contribution is 9.10. The van der Waals surface area contributed by atoms with Crippen molar-refractivity contribution in [3.63, 3.8) is 0 Å². The van der Waals surface area contributed by atoms with Crippen molar-refractivity contribution in [3.05, 3.63) is 100 Å². The van der Waals surface area contributed by atoms with Gasteiger partial charge in [-0.1, -0.05) is 17.3 Å². The topological polar surface area (TPSA) is 97.7 Å². The van der Waals surface area contributed by atoms with Crippen LogP contribution in [0.3, 0.4) is 0 Å². The van der Waals surface area contributed by atoms with Crippen LogP contribution in [0.25, 0.3) is 11.3 Å². The first-order valence-electron chi connectivity index (χ1n) is 12.9. The summed E-state index contributed by atoms with van der Waals surface area (Å²) in [6.45, 7) is 3.16. The number of aromatic nitrogens is 4. The number of aryl methyl sites for hydroxylation is 1. The molecule has 0 aliphatic carbocycles. The molecule has 4 aromatic heterocycles. The Balaban J connectivity index is 1.08. The van der Waals surface area contributed by atoms with E-state index in [1.165, 1.54) is 5.56 Å². The summed E-state index contributed by atoms with van der Waals surface area (Å²) in [6.07, 6.45) is 5.53. The Hall–Kier alpha value is -4.18. The Kier molecular flexibility index (Phi) is 6.78. The molecule has 6 rings (SSSR count). The molecule has 0 radical (unpaired) electrons. The summed E-state index contributed by atoms with van der Waals surface area (Å²) in [5.74, 6) is 1.55. The predicted molar refractivity (Wildman–Crippen MR) is 150 cm³/mol. The number of carbonyl (C=O) groups is 2. The van der Waals surface area contributed by atoms with Gasteiger partial charge in [-0.15, -0.1) is 0 Å². The molecule has 39 heavy (non-hydrogen) atoms. The van der Waals surface area contributed by atoms with E-state index in [4.69, 9.17) is 4.52 Å². The third-order valence-corrected chi connectivity index (χ3v) is 7.60. The standard InChI is InChI=1S/C29H27BrN6O3/c1-19-16-25(39-33-19)17-27(37)32-23-5-2-20(3-6-23)21-11-14-34(15-12-21)29(38)26-10-13-31-36(26)28-9-8-24-7-4-22(30)18-35(24)28/h2-10,13,16,18,21H,11-12,14-15,17H2,1H3,(H,32,37). The summed E-state index contributed by atoms with van der Waals surface area (Å²) in [5.41, 5.74) is 4.28. The van der Waals surface area contributed by atoms with Gasteiger partial charge in [-0.2, -0.15) is 5.10 Å². The summed E-state index contributed by atoms with van der Waals surface area (Å²) in [6, 6.07) is 19.5. The van der Waals surface area contributed by atoms with E-state index in [9.17, 15) is 9.59 Å². The number of benzene rings is 1. The molecule has 1 N–H and O–H groups in total. The molecule has 1 aromatic carbocycles. The first-order chi connectivity index (χ1) is 18.9. The van der Waals surface area contributed by atoms with E-state index in [-0.39, 0.29) is 18.2 Å². The number of hydrogen-bond donors (Lipinski definition) is 1. The molecular formula is C29H27BrN6O3. The number of piperidine rings is 1. The third kappa shape index (κ3) is 5.24. The van der Waals surface area contributed by atoms with Gasteiger partial charge < -0.3 is 19.1 Å². The highest BCUT2D eigenvalue weighted by atomic mass is 79.9. The number of nitrogens with zero attached hydrogens (tertiary/aromatic N) is 5. The van der Waals surface area contributed by atoms with Crippen LogP contribution in [-0.2, 0) is 11.2 Å². The number of hydrogen-bond acceptors (Lipinski definition) is 5. The number of nitrogens with one attached hydrogen (secondary N) is 1. The number of pyridine rings is 1. The van der Waals surface area contributed by atoms with Gasteiger partial charge >= 0.3 is 0 Å². The molecule has 0 spiro atoms. The van der Waals surface area contributed by atoms with E-state index >= 15 is 0 Å². The van der Waals surface area contributed by atoms with Crippen molar-refractivity contribution in [2.45, 2.75) is 32.1 Å². The number of anilines is 1. The molecule has 9 nitrogen and oxygen atoms in total. The van der Waals surface area contributed by atoms with Gasteiger partial charge in [0.05, 0.1) is 18.3 Å². The molecule has 0 atom stereocenters. The number of halogens is 1. The highest BCUT2D eigenvalue weighted by Crippen LogP contribution is 2.30. The minimum absolute atomic E-state index is 0.0177. The van der Waals surface area contributed by atoms with Crippen LogP contribution in [-0.4, -0.2) is 49.1 Å². The number of amides is 2. The smallest absolute Gasteiger partial charge is 0.272 e. The lowest BCUT2D eigenvalue weighted by atomic mass is 9.89. The summed E-state index contributed by atoms with van der Waals surface area (Å²) in [7, 11) is 0. The molecule has 0 saturated carbocycles. The Morgan fingerprint density at radius 1 is 1.05 bits per heavy atom. The molecule has 198 valence electrons. The number of fused-ring (bicyclic) bond motifs is 1. The Bertz CT molecular complexity index is 1640. The quantitative estimate of drug-likeness (QED) is 0.288. The van der Waals surface area contributed by atoms with Gasteiger partial charge in [-0.3, -0.25) is 9.59 Å². The summed E-state index contributed by atoms with van der Waals surface area (Å²) in [5, 5.41) is 11.2. The van der Waals surface area contributed by atoms with Gasteiger partial charge in [0.2, 0.25) is 5.91 Å². The second-order valence-electron chi connectivity index (χ2n) is 9.81. The fourth-order valence-corrected chi connectivity index (χ4v) is 5.50. The second kappa shape index (κ2) is 10.5. The number of carbonyl (C=O) groups excluding carboxylic acids is 2. The lowest BCUT2D eigenvalue weighted by Gasteiger charge is -2.32. The van der Waals surface area contributed by atoms with Crippen molar-refractivity contribution in [1.82, 2.24) is 24.2 Å². The molecule has 10 heteroatoms. The number of likely N-dealkylation sites (tertiary alicyclic amines) is 1. The van der Waals surface area contributed by atoms with E-state index in [2.05, 4.69) is 43.6 Å². The molecule has 0 bridgehead atoms. The predicted octanol–water partition coefficient (Wildman–Crippen LogP) is 5.38. The van der Waals surface area contributed by atoms with Crippen molar-refractivity contribution in [2.24, 2.45) is 0 Å². The molecule has 1 fully saturated rings. The van der Waals surface area contributed by atoms with Crippen molar-refractivity contribution in [3.8, 4) is 5.82 Å². The van der Waals surface area contributed by atoms with Crippen LogP contribution in [0.1, 0.15) is 46.3 Å². The normalized spacial score (nSPS) is 14.2. The summed E-state index contributed by atoms with van der Waals surface area (Å²) >= 11 is 3.53. The van der Waals surface area contributed by atoms with Gasteiger partial charge in [-0.05, 0) is 89.6 Å². The van der Waals surface area contributed by atoms with Crippen LogP contribution in [0.4, 0.5) is 5.69 Å². The fraction of sp³-hybridized carbons (Fsp3) is 0.241. The lowest BCUT2D eigenvalue weighted by Crippen LogP contribution is -2.38. The fourth-order valence-electron chi connectivity index (χ4n) is 5.16. The zero-order valence-electron chi connectivity index (χ0n) is 21.4. The van der Waals surface area contributed by atoms with Crippen LogP contribution >= 0.6 is 15.9 Å². The highest BCUT2D eigenvalue weighted by Gasteiger charge is 2.27. The molecule has 1 aliphatic rings. The van der Waals surface area contributed by atoms with Gasteiger partial charge in [0, 0.05) is 41.0 Å². The van der Waals surface area contributed by atoms with Crippen LogP contribution in [0.15, 0.2) is 82.1 Å². The Labute approximate surface area is 233 Å². The van der Waals surface area contributed by atoms with Crippen molar-refractivity contribution >= 4 is 38.9 Å². The minimum atomic E-state index is -0.147. The number of rotatable bonds is 6. The molecule has 5 aromatic rings. The minimum Gasteiger partial charge on any atom is -0.361 e. The molecule has 1 aliphatic heterocycles. The molecule has 0 unspecified atom stereocenters. The molecule has 1 saturated heterocycles. The van der Waals surface area contributed by atoms with Crippen LogP contribution in [0.5, 0.6) is 0 Å². The largest absolute Gasteiger partial charge is 0.361 e. The lowest BCUT2D eigenvalue weighted by molar-refractivity contribution is -0.115. The molecule has 2 amide bonds. The van der Waals surface area contributed by atoms with E-state index in [0.717, 1.165) is 40.0 Å².